The highest BCUT2D eigenvalue weighted by molar-refractivity contribution is 8.00. The van der Waals surface area contributed by atoms with E-state index in [1.807, 2.05) is 0 Å². The molecule has 0 radical (unpaired) electrons. The van der Waals surface area contributed by atoms with Gasteiger partial charge >= 0.3 is 6.03 Å². The first-order valence-electron chi connectivity index (χ1n) is 6.99. The number of nitrogens with one attached hydrogen (secondary N) is 2. The Morgan fingerprint density at radius 1 is 1.25 bits per heavy atom. The van der Waals surface area contributed by atoms with Gasteiger partial charge in [0.15, 0.2) is 11.5 Å². The lowest BCUT2D eigenvalue weighted by atomic mass is 10.2. The molecule has 1 aromatic carbocycles. The SMILES string of the molecule is CNC(=O)NC(=O)[C@@H](C)Sc1nnc(-c2ccc3c(c2)OCO3)o1. The van der Waals surface area contributed by atoms with E-state index in [4.69, 9.17) is 13.9 Å². The van der Waals surface area contributed by atoms with Crippen LogP contribution in [0.3, 0.4) is 0 Å². The van der Waals surface area contributed by atoms with E-state index < -0.39 is 17.2 Å². The third-order valence-electron chi connectivity index (χ3n) is 3.14. The van der Waals surface area contributed by atoms with E-state index in [2.05, 4.69) is 20.8 Å². The van der Waals surface area contributed by atoms with Crippen LogP contribution in [0.4, 0.5) is 4.79 Å². The molecular formula is C14H14N4O5S. The number of carbonyl (C=O) groups excluding carboxylic acids is 2. The van der Waals surface area contributed by atoms with Crippen molar-refractivity contribution >= 4 is 23.7 Å². The lowest BCUT2D eigenvalue weighted by molar-refractivity contribution is -0.119. The molecule has 1 aliphatic heterocycles. The second-order valence-electron chi connectivity index (χ2n) is 4.77. The monoisotopic (exact) mass is 350 g/mol. The highest BCUT2D eigenvalue weighted by atomic mass is 32.2. The summed E-state index contributed by atoms with van der Waals surface area (Å²) in [7, 11) is 1.43. The minimum Gasteiger partial charge on any atom is -0.454 e. The van der Waals surface area contributed by atoms with E-state index in [1.165, 1.54) is 7.05 Å². The molecule has 126 valence electrons. The molecule has 0 fully saturated rings. The zero-order valence-corrected chi connectivity index (χ0v) is 13.7. The largest absolute Gasteiger partial charge is 0.454 e. The lowest BCUT2D eigenvalue weighted by Crippen LogP contribution is -2.41. The van der Waals surface area contributed by atoms with Crippen molar-refractivity contribution in [2.75, 3.05) is 13.8 Å². The van der Waals surface area contributed by atoms with Gasteiger partial charge in [-0.05, 0) is 25.1 Å². The van der Waals surface area contributed by atoms with Crippen molar-refractivity contribution in [1.82, 2.24) is 20.8 Å². The van der Waals surface area contributed by atoms with Gasteiger partial charge in [0.1, 0.15) is 0 Å². The number of benzene rings is 1. The Balaban J connectivity index is 1.67. The summed E-state index contributed by atoms with van der Waals surface area (Å²) >= 11 is 1.06. The number of aromatic nitrogens is 2. The summed E-state index contributed by atoms with van der Waals surface area (Å²) in [6.45, 7) is 1.81. The van der Waals surface area contributed by atoms with Crippen molar-refractivity contribution in [3.05, 3.63) is 18.2 Å². The van der Waals surface area contributed by atoms with Gasteiger partial charge in [-0.1, -0.05) is 11.8 Å². The van der Waals surface area contributed by atoms with Crippen molar-refractivity contribution < 1.29 is 23.5 Å². The Kier molecular flexibility index (Phi) is 4.56. The number of fused-ring (bicyclic) bond motifs is 1. The van der Waals surface area contributed by atoms with E-state index in [-0.39, 0.29) is 12.0 Å². The number of amides is 3. The van der Waals surface area contributed by atoms with Gasteiger partial charge in [-0.2, -0.15) is 0 Å². The fourth-order valence-corrected chi connectivity index (χ4v) is 2.57. The molecule has 0 spiro atoms. The summed E-state index contributed by atoms with van der Waals surface area (Å²) < 4.78 is 16.1. The van der Waals surface area contributed by atoms with Gasteiger partial charge in [-0.25, -0.2) is 4.79 Å². The number of imide groups is 1. The Hall–Kier alpha value is -2.75. The Labute approximate surface area is 141 Å². The van der Waals surface area contributed by atoms with E-state index in [9.17, 15) is 9.59 Å². The Bertz CT molecular complexity index is 778. The molecule has 1 aliphatic rings. The normalized spacial score (nSPS) is 13.4. The molecule has 0 aliphatic carbocycles. The second kappa shape index (κ2) is 6.79. The van der Waals surface area contributed by atoms with Crippen molar-refractivity contribution in [3.8, 4) is 23.0 Å². The predicted molar refractivity (Wildman–Crippen MR) is 83.8 cm³/mol. The molecule has 9 nitrogen and oxygen atoms in total. The molecule has 0 saturated heterocycles. The van der Waals surface area contributed by atoms with E-state index in [0.29, 0.717) is 23.0 Å². The summed E-state index contributed by atoms with van der Waals surface area (Å²) in [5.74, 6) is 1.11. The number of thioether (sulfide) groups is 1. The van der Waals surface area contributed by atoms with Crippen LogP contribution >= 0.6 is 11.8 Å². The molecule has 3 amide bonds. The molecule has 0 saturated carbocycles. The second-order valence-corrected chi connectivity index (χ2v) is 6.06. The van der Waals surface area contributed by atoms with E-state index in [1.54, 1.807) is 25.1 Å². The summed E-state index contributed by atoms with van der Waals surface area (Å²) in [5, 5.41) is 12.0. The van der Waals surface area contributed by atoms with Crippen LogP contribution in [0.5, 0.6) is 11.5 Å². The first-order chi connectivity index (χ1) is 11.6. The van der Waals surface area contributed by atoms with Crippen molar-refractivity contribution in [1.29, 1.82) is 0 Å². The molecule has 1 aromatic heterocycles. The van der Waals surface area contributed by atoms with Crippen LogP contribution in [0.1, 0.15) is 6.92 Å². The topological polar surface area (TPSA) is 116 Å². The molecule has 0 bridgehead atoms. The molecule has 10 heteroatoms. The summed E-state index contributed by atoms with van der Waals surface area (Å²) in [6, 6.07) is 4.70. The first kappa shape index (κ1) is 16.1. The Morgan fingerprint density at radius 3 is 2.83 bits per heavy atom. The van der Waals surface area contributed by atoms with Gasteiger partial charge in [-0.3, -0.25) is 10.1 Å². The van der Waals surface area contributed by atoms with Crippen LogP contribution in [0, 0.1) is 0 Å². The Morgan fingerprint density at radius 2 is 2.04 bits per heavy atom. The molecule has 1 atom stereocenters. The molecule has 2 heterocycles. The smallest absolute Gasteiger partial charge is 0.321 e. The van der Waals surface area contributed by atoms with Crippen molar-refractivity contribution in [3.63, 3.8) is 0 Å². The summed E-state index contributed by atoms with van der Waals surface area (Å²) in [6.07, 6.45) is 0. The summed E-state index contributed by atoms with van der Waals surface area (Å²) in [4.78, 5) is 22.9. The maximum absolute atomic E-state index is 11.8. The van der Waals surface area contributed by atoms with Crippen molar-refractivity contribution in [2.45, 2.75) is 17.4 Å². The average molecular weight is 350 g/mol. The van der Waals surface area contributed by atoms with Gasteiger partial charge in [-0.15, -0.1) is 10.2 Å². The standard InChI is InChI=1S/C14H14N4O5S/c1-7(11(19)16-13(20)15-2)24-14-18-17-12(23-14)8-3-4-9-10(5-8)22-6-21-9/h3-5,7H,6H2,1-2H3,(H2,15,16,19,20)/t7-/m1/s1. The van der Waals surface area contributed by atoms with Crippen LogP contribution in [-0.2, 0) is 4.79 Å². The predicted octanol–water partition coefficient (Wildman–Crippen LogP) is 1.40. The highest BCUT2D eigenvalue weighted by Gasteiger charge is 2.21. The fourth-order valence-electron chi connectivity index (χ4n) is 1.88. The van der Waals surface area contributed by atoms with Gasteiger partial charge in [0.2, 0.25) is 18.6 Å². The number of carbonyl (C=O) groups is 2. The fraction of sp³-hybridized carbons (Fsp3) is 0.286. The molecule has 2 N–H and O–H groups in total. The van der Waals surface area contributed by atoms with Crippen LogP contribution in [0.2, 0.25) is 0 Å². The maximum atomic E-state index is 11.8. The van der Waals surface area contributed by atoms with E-state index >= 15 is 0 Å². The van der Waals surface area contributed by atoms with Gasteiger partial charge in [0.05, 0.1) is 5.25 Å². The summed E-state index contributed by atoms with van der Waals surface area (Å²) in [5.41, 5.74) is 0.682. The van der Waals surface area contributed by atoms with Crippen LogP contribution in [0.15, 0.2) is 27.8 Å². The number of urea groups is 1. The minimum absolute atomic E-state index is 0.182. The third kappa shape index (κ3) is 3.43. The third-order valence-corrected chi connectivity index (χ3v) is 4.07. The van der Waals surface area contributed by atoms with Crippen LogP contribution in [-0.4, -0.2) is 41.2 Å². The zero-order valence-electron chi connectivity index (χ0n) is 12.9. The van der Waals surface area contributed by atoms with Gasteiger partial charge < -0.3 is 19.2 Å². The number of ether oxygens (including phenoxy) is 2. The number of rotatable bonds is 4. The van der Waals surface area contributed by atoms with Crippen LogP contribution < -0.4 is 20.1 Å². The minimum atomic E-state index is -0.577. The number of nitrogens with zero attached hydrogens (tertiary/aromatic N) is 2. The van der Waals surface area contributed by atoms with Crippen LogP contribution in [0.25, 0.3) is 11.5 Å². The molecule has 2 aromatic rings. The van der Waals surface area contributed by atoms with E-state index in [0.717, 1.165) is 11.8 Å². The lowest BCUT2D eigenvalue weighted by Gasteiger charge is -2.07. The van der Waals surface area contributed by atoms with Gasteiger partial charge in [0.25, 0.3) is 5.22 Å². The van der Waals surface area contributed by atoms with Gasteiger partial charge in [0, 0.05) is 12.6 Å². The highest BCUT2D eigenvalue weighted by Crippen LogP contribution is 2.36. The molecule has 24 heavy (non-hydrogen) atoms. The van der Waals surface area contributed by atoms with Crippen molar-refractivity contribution in [2.24, 2.45) is 0 Å². The molecule has 3 rings (SSSR count). The number of hydrogen-bond donors (Lipinski definition) is 2. The molecular weight excluding hydrogens is 336 g/mol. The zero-order chi connectivity index (χ0) is 17.1. The molecule has 0 unspecified atom stereocenters. The first-order valence-corrected chi connectivity index (χ1v) is 7.87. The quantitative estimate of drug-likeness (QED) is 0.795. The average Bonchev–Trinajstić information content (AvgIpc) is 3.22. The maximum Gasteiger partial charge on any atom is 0.321 e. The number of hydrogen-bond acceptors (Lipinski definition) is 8.